The van der Waals surface area contributed by atoms with Crippen molar-refractivity contribution in [2.24, 2.45) is 9.98 Å². The summed E-state index contributed by atoms with van der Waals surface area (Å²) in [6.07, 6.45) is 34.0. The van der Waals surface area contributed by atoms with Crippen LogP contribution in [-0.4, -0.2) is 60.9 Å². The first kappa shape index (κ1) is 59.6. The van der Waals surface area contributed by atoms with Crippen molar-refractivity contribution in [1.82, 2.24) is 0 Å². The molecule has 0 saturated heterocycles. The summed E-state index contributed by atoms with van der Waals surface area (Å²) in [5, 5.41) is 25.1. The molecule has 6 aromatic rings. The van der Waals surface area contributed by atoms with E-state index in [0.29, 0.717) is 48.6 Å². The van der Waals surface area contributed by atoms with Crippen molar-refractivity contribution in [2.75, 3.05) is 26.3 Å². The van der Waals surface area contributed by atoms with Crippen LogP contribution in [0.1, 0.15) is 206 Å². The van der Waals surface area contributed by atoms with Crippen molar-refractivity contribution < 1.29 is 38.7 Å². The Morgan fingerprint density at radius 2 is 0.701 bits per heavy atom. The van der Waals surface area contributed by atoms with Gasteiger partial charge in [-0.15, -0.1) is 0 Å². The third-order valence-electron chi connectivity index (χ3n) is 14.1. The van der Waals surface area contributed by atoms with Crippen LogP contribution >= 0.6 is 0 Å². The first-order chi connectivity index (χ1) is 37.8. The van der Waals surface area contributed by atoms with E-state index in [9.17, 15) is 19.8 Å². The Morgan fingerprint density at radius 3 is 1.08 bits per heavy atom. The van der Waals surface area contributed by atoms with Gasteiger partial charge in [-0.05, 0) is 120 Å². The van der Waals surface area contributed by atoms with Crippen LogP contribution in [0.2, 0.25) is 0 Å². The molecule has 0 spiro atoms. The molecule has 0 heterocycles. The highest BCUT2D eigenvalue weighted by molar-refractivity contribution is 5.98. The quantitative estimate of drug-likeness (QED) is 0.0169. The number of carbonyl (C=O) groups excluding carboxylic acids is 2. The third-order valence-corrected chi connectivity index (χ3v) is 14.1. The Kier molecular flexibility index (Phi) is 27.0. The molecule has 0 unspecified atom stereocenters. The maximum Gasteiger partial charge on any atom is 0.343 e. The lowest BCUT2D eigenvalue weighted by Crippen LogP contribution is -2.08. The van der Waals surface area contributed by atoms with Crippen LogP contribution in [0.4, 0.5) is 0 Å². The van der Waals surface area contributed by atoms with Crippen LogP contribution in [0.5, 0.6) is 34.5 Å². The van der Waals surface area contributed by atoms with Gasteiger partial charge >= 0.3 is 11.9 Å². The van der Waals surface area contributed by atoms with Gasteiger partial charge in [-0.2, -0.15) is 0 Å². The number of carbonyl (C=O) groups is 2. The first-order valence-electron chi connectivity index (χ1n) is 29.2. The number of hydrogen-bond donors (Lipinski definition) is 2. The summed E-state index contributed by atoms with van der Waals surface area (Å²) in [4.78, 5) is 35.1. The highest BCUT2D eigenvalue weighted by Crippen LogP contribution is 2.28. The maximum absolute atomic E-state index is 13.1. The van der Waals surface area contributed by atoms with E-state index in [2.05, 4.69) is 23.8 Å². The van der Waals surface area contributed by atoms with E-state index in [4.69, 9.17) is 18.9 Å². The normalized spacial score (nSPS) is 11.6. The van der Waals surface area contributed by atoms with Crippen molar-refractivity contribution in [3.63, 3.8) is 0 Å². The van der Waals surface area contributed by atoms with E-state index in [0.717, 1.165) is 78.0 Å². The second-order valence-electron chi connectivity index (χ2n) is 20.6. The van der Waals surface area contributed by atoms with Crippen molar-refractivity contribution in [2.45, 2.75) is 174 Å². The van der Waals surface area contributed by atoms with Gasteiger partial charge < -0.3 is 29.2 Å². The molecule has 0 radical (unpaired) electrons. The van der Waals surface area contributed by atoms with Gasteiger partial charge in [0.25, 0.3) is 0 Å². The highest BCUT2D eigenvalue weighted by Gasteiger charge is 2.14. The largest absolute Gasteiger partial charge is 0.507 e. The van der Waals surface area contributed by atoms with E-state index in [-0.39, 0.29) is 23.0 Å². The Labute approximate surface area is 459 Å². The molecule has 0 fully saturated rings. The summed E-state index contributed by atoms with van der Waals surface area (Å²) in [7, 11) is 0. The lowest BCUT2D eigenvalue weighted by atomic mass is 10.1. The number of benzene rings is 6. The first-order valence-corrected chi connectivity index (χ1v) is 29.2. The number of unbranched alkanes of at least 4 members (excludes halogenated alkanes) is 22. The Morgan fingerprint density at radius 1 is 0.377 bits per heavy atom. The molecule has 0 aliphatic carbocycles. The number of aliphatic imine (C=N–C) groups is 2. The molecule has 10 heteroatoms. The predicted molar refractivity (Wildman–Crippen MR) is 317 cm³/mol. The Bertz CT molecular complexity index is 2580. The van der Waals surface area contributed by atoms with Crippen LogP contribution in [-0.2, 0) is 0 Å². The average Bonchev–Trinajstić information content (AvgIpc) is 3.44. The standard InChI is InChI=1S/C67H86N2O8/c1-3-5-7-9-11-13-15-17-22-26-42-74-60-36-32-52-44-56(30-28-54(52)46-60)66(72)76-62-38-34-58(64(70)48-62)50-68-40-24-20-19-21-25-41-69-51-59-35-39-63(49-65(59)71)77-67(73)57-31-29-55-47-61(37-33-53(55)45-57)75-43-27-23-18-16-14-12-10-8-6-4-2/h28-39,44-51,70-71H,3-27,40-43H2,1-2H3. The van der Waals surface area contributed by atoms with Gasteiger partial charge in [0, 0.05) is 48.8 Å². The van der Waals surface area contributed by atoms with Crippen LogP contribution in [0, 0.1) is 0 Å². The second kappa shape index (κ2) is 34.9. The minimum absolute atomic E-state index is 0.0116. The van der Waals surface area contributed by atoms with E-state index in [1.165, 1.54) is 128 Å². The van der Waals surface area contributed by atoms with Crippen LogP contribution in [0.3, 0.4) is 0 Å². The van der Waals surface area contributed by atoms with Gasteiger partial charge in [-0.3, -0.25) is 9.98 Å². The average molecular weight is 1050 g/mol. The maximum atomic E-state index is 13.1. The summed E-state index contributed by atoms with van der Waals surface area (Å²) >= 11 is 0. The molecule has 77 heavy (non-hydrogen) atoms. The molecule has 0 atom stereocenters. The minimum Gasteiger partial charge on any atom is -0.507 e. The lowest BCUT2D eigenvalue weighted by Gasteiger charge is -2.09. The molecule has 2 N–H and O–H groups in total. The molecular weight excluding hydrogens is 961 g/mol. The summed E-state index contributed by atoms with van der Waals surface area (Å²) < 4.78 is 23.3. The number of hydrogen-bond acceptors (Lipinski definition) is 10. The molecule has 412 valence electrons. The van der Waals surface area contributed by atoms with Gasteiger partial charge in [-0.25, -0.2) is 9.59 Å². The van der Waals surface area contributed by atoms with E-state index < -0.39 is 11.9 Å². The molecule has 10 nitrogen and oxygen atoms in total. The number of fused-ring (bicyclic) bond motifs is 2. The molecule has 0 aliphatic heterocycles. The minimum atomic E-state index is -0.501. The van der Waals surface area contributed by atoms with Crippen molar-refractivity contribution in [3.05, 3.63) is 131 Å². The van der Waals surface area contributed by atoms with Crippen molar-refractivity contribution in [1.29, 1.82) is 0 Å². The lowest BCUT2D eigenvalue weighted by molar-refractivity contribution is 0.0725. The fraction of sp³-hybridized carbons (Fsp3) is 0.463. The summed E-state index contributed by atoms with van der Waals surface area (Å²) in [6, 6.07) is 32.3. The number of rotatable bonds is 38. The zero-order chi connectivity index (χ0) is 54.1. The Hall–Kier alpha value is -6.68. The highest BCUT2D eigenvalue weighted by atomic mass is 16.5. The summed E-state index contributed by atoms with van der Waals surface area (Å²) in [6.45, 7) is 7.18. The fourth-order valence-corrected chi connectivity index (χ4v) is 9.43. The van der Waals surface area contributed by atoms with Gasteiger partial charge in [0.1, 0.15) is 34.5 Å². The zero-order valence-corrected chi connectivity index (χ0v) is 46.3. The molecule has 0 aromatic heterocycles. The SMILES string of the molecule is CCCCCCCCCCCCOc1ccc2cc(C(=O)Oc3ccc(C=NCCCCCCCN=Cc4ccc(OC(=O)c5ccc6cc(OCCCCCCCCCCCC)ccc6c5)cc4O)c(O)c3)ccc2c1. The van der Waals surface area contributed by atoms with Crippen LogP contribution in [0.15, 0.2) is 119 Å². The molecule has 0 saturated carbocycles. The van der Waals surface area contributed by atoms with Gasteiger partial charge in [-0.1, -0.05) is 173 Å². The molecule has 6 rings (SSSR count). The van der Waals surface area contributed by atoms with Crippen LogP contribution < -0.4 is 18.9 Å². The van der Waals surface area contributed by atoms with Gasteiger partial charge in [0.05, 0.1) is 24.3 Å². The zero-order valence-electron chi connectivity index (χ0n) is 46.3. The van der Waals surface area contributed by atoms with E-state index in [1.54, 1.807) is 48.8 Å². The molecule has 0 bridgehead atoms. The Balaban J connectivity index is 0.802. The second-order valence-corrected chi connectivity index (χ2v) is 20.6. The monoisotopic (exact) mass is 1050 g/mol. The summed E-state index contributed by atoms with van der Waals surface area (Å²) in [5.74, 6) is 1.15. The van der Waals surface area contributed by atoms with Gasteiger partial charge in [0.15, 0.2) is 0 Å². The molecule has 6 aromatic carbocycles. The molecule has 0 aliphatic rings. The molecule has 0 amide bonds. The predicted octanol–water partition coefficient (Wildman–Crippen LogP) is 17.9. The number of ether oxygens (including phenoxy) is 4. The number of phenols is 2. The van der Waals surface area contributed by atoms with E-state index in [1.807, 2.05) is 60.7 Å². The van der Waals surface area contributed by atoms with Crippen molar-refractivity contribution >= 4 is 45.9 Å². The van der Waals surface area contributed by atoms with E-state index >= 15 is 0 Å². The number of nitrogens with zero attached hydrogens (tertiary/aromatic N) is 2. The molecular formula is C67H86N2O8. The van der Waals surface area contributed by atoms with Crippen LogP contribution in [0.25, 0.3) is 21.5 Å². The number of aromatic hydroxyl groups is 2. The smallest absolute Gasteiger partial charge is 0.343 e. The van der Waals surface area contributed by atoms with Crippen molar-refractivity contribution in [3.8, 4) is 34.5 Å². The topological polar surface area (TPSA) is 136 Å². The summed E-state index contributed by atoms with van der Waals surface area (Å²) in [5.41, 5.74) is 1.95. The fourth-order valence-electron chi connectivity index (χ4n) is 9.43. The third kappa shape index (κ3) is 22.1. The number of phenolic OH excluding ortho intramolecular Hbond substituents is 2. The van der Waals surface area contributed by atoms with Gasteiger partial charge in [0.2, 0.25) is 0 Å². The number of esters is 2.